The largest absolute Gasteiger partial charge is 0.433 e. The number of piperidine rings is 1. The summed E-state index contributed by atoms with van der Waals surface area (Å²) >= 11 is 0. The predicted octanol–water partition coefficient (Wildman–Crippen LogP) is 4.46. The summed E-state index contributed by atoms with van der Waals surface area (Å²) in [6.07, 6.45) is -0.111. The number of carbonyl (C=O) groups excluding carboxylic acids is 1. The summed E-state index contributed by atoms with van der Waals surface area (Å²) in [5, 5.41) is 4.18. The van der Waals surface area contributed by atoms with Crippen molar-refractivity contribution in [1.29, 1.82) is 0 Å². The van der Waals surface area contributed by atoms with E-state index in [2.05, 4.69) is 15.1 Å². The van der Waals surface area contributed by atoms with Gasteiger partial charge in [0.25, 0.3) is 5.91 Å². The van der Waals surface area contributed by atoms with Crippen LogP contribution in [0.2, 0.25) is 0 Å². The number of halogens is 3. The van der Waals surface area contributed by atoms with E-state index in [0.29, 0.717) is 42.9 Å². The van der Waals surface area contributed by atoms with Crippen LogP contribution in [0.4, 0.5) is 13.2 Å². The van der Waals surface area contributed by atoms with Crippen molar-refractivity contribution in [2.24, 2.45) is 0 Å². The number of hydrogen-bond acceptors (Lipinski definition) is 4. The van der Waals surface area contributed by atoms with Gasteiger partial charge in [-0.05, 0) is 31.0 Å². The standard InChI is InChI=1S/C22H24F3N5O/c1-21(2,3)17-12-19-27-16(11-18(22(23,24)25)30(19)28-17)15-5-4-10-29(13-15)20(31)14-6-8-26-9-7-14/h6-9,11-12,15H,4-5,10,13H2,1-3H3. The van der Waals surface area contributed by atoms with Gasteiger partial charge < -0.3 is 4.90 Å². The van der Waals surface area contributed by atoms with E-state index in [1.165, 1.54) is 0 Å². The quantitative estimate of drug-likeness (QED) is 0.601. The second-order valence-electron chi connectivity index (χ2n) is 8.94. The number of amides is 1. The lowest BCUT2D eigenvalue weighted by atomic mass is 9.92. The zero-order valence-electron chi connectivity index (χ0n) is 17.6. The molecule has 9 heteroatoms. The van der Waals surface area contributed by atoms with Crippen molar-refractivity contribution in [3.8, 4) is 0 Å². The molecule has 4 rings (SSSR count). The van der Waals surface area contributed by atoms with Gasteiger partial charge >= 0.3 is 6.18 Å². The fourth-order valence-electron chi connectivity index (χ4n) is 3.85. The molecule has 1 amide bonds. The second-order valence-corrected chi connectivity index (χ2v) is 8.94. The summed E-state index contributed by atoms with van der Waals surface area (Å²) in [5.41, 5.74) is 0.316. The third-order valence-electron chi connectivity index (χ3n) is 5.56. The van der Waals surface area contributed by atoms with E-state index >= 15 is 0 Å². The molecule has 1 aliphatic heterocycles. The number of carbonyl (C=O) groups is 1. The highest BCUT2D eigenvalue weighted by atomic mass is 19.4. The molecule has 1 saturated heterocycles. The molecule has 1 atom stereocenters. The minimum Gasteiger partial charge on any atom is -0.338 e. The first kappa shape index (κ1) is 21.3. The van der Waals surface area contributed by atoms with Crippen LogP contribution in [0, 0.1) is 0 Å². The molecule has 1 aliphatic rings. The van der Waals surface area contributed by atoms with Gasteiger partial charge in [-0.25, -0.2) is 9.50 Å². The topological polar surface area (TPSA) is 63.4 Å². The lowest BCUT2D eigenvalue weighted by Gasteiger charge is -2.32. The van der Waals surface area contributed by atoms with Crippen molar-refractivity contribution in [2.75, 3.05) is 13.1 Å². The first-order valence-electron chi connectivity index (χ1n) is 10.2. The number of rotatable bonds is 2. The smallest absolute Gasteiger partial charge is 0.338 e. The maximum atomic E-state index is 13.8. The third kappa shape index (κ3) is 4.26. The van der Waals surface area contributed by atoms with Gasteiger partial charge in [-0.3, -0.25) is 9.78 Å². The molecule has 1 fully saturated rings. The summed E-state index contributed by atoms with van der Waals surface area (Å²) in [7, 11) is 0. The number of nitrogens with zero attached hydrogens (tertiary/aromatic N) is 5. The lowest BCUT2D eigenvalue weighted by Crippen LogP contribution is -2.39. The van der Waals surface area contributed by atoms with Crippen LogP contribution in [0.25, 0.3) is 5.65 Å². The third-order valence-corrected chi connectivity index (χ3v) is 5.56. The average Bonchev–Trinajstić information content (AvgIpc) is 3.17. The number of fused-ring (bicyclic) bond motifs is 1. The van der Waals surface area contributed by atoms with Gasteiger partial charge in [0.15, 0.2) is 5.65 Å². The molecule has 6 nitrogen and oxygen atoms in total. The maximum Gasteiger partial charge on any atom is 0.433 e. The zero-order chi connectivity index (χ0) is 22.4. The van der Waals surface area contributed by atoms with Crippen molar-refractivity contribution >= 4 is 11.6 Å². The zero-order valence-corrected chi connectivity index (χ0v) is 17.6. The van der Waals surface area contributed by atoms with E-state index in [4.69, 9.17) is 0 Å². The van der Waals surface area contributed by atoms with E-state index in [9.17, 15) is 18.0 Å². The Labute approximate surface area is 178 Å². The van der Waals surface area contributed by atoms with Crippen LogP contribution >= 0.6 is 0 Å². The summed E-state index contributed by atoms with van der Waals surface area (Å²) in [5.74, 6) is -0.429. The van der Waals surface area contributed by atoms with E-state index in [1.54, 1.807) is 35.5 Å². The Kier molecular flexibility index (Phi) is 5.23. The predicted molar refractivity (Wildman–Crippen MR) is 109 cm³/mol. The molecule has 1 unspecified atom stereocenters. The lowest BCUT2D eigenvalue weighted by molar-refractivity contribution is -0.142. The maximum absolute atomic E-state index is 13.8. The second kappa shape index (κ2) is 7.62. The Morgan fingerprint density at radius 1 is 1.13 bits per heavy atom. The molecular formula is C22H24F3N5O. The highest BCUT2D eigenvalue weighted by Crippen LogP contribution is 2.34. The molecule has 0 spiro atoms. The van der Waals surface area contributed by atoms with Crippen LogP contribution < -0.4 is 0 Å². The minimum absolute atomic E-state index is 0.149. The van der Waals surface area contributed by atoms with Crippen molar-refractivity contribution in [1.82, 2.24) is 24.5 Å². The molecule has 3 aromatic heterocycles. The van der Waals surface area contributed by atoms with E-state index in [0.717, 1.165) is 10.6 Å². The number of pyridine rings is 1. The Morgan fingerprint density at radius 2 is 1.84 bits per heavy atom. The Morgan fingerprint density at radius 3 is 2.48 bits per heavy atom. The van der Waals surface area contributed by atoms with Gasteiger partial charge in [-0.15, -0.1) is 0 Å². The molecule has 0 radical (unpaired) electrons. The number of hydrogen-bond donors (Lipinski definition) is 0. The van der Waals surface area contributed by atoms with Gasteiger partial charge in [-0.1, -0.05) is 20.8 Å². The van der Waals surface area contributed by atoms with Gasteiger partial charge in [0.2, 0.25) is 0 Å². The fraction of sp³-hybridized carbons (Fsp3) is 0.455. The molecule has 164 valence electrons. The van der Waals surface area contributed by atoms with Crippen molar-refractivity contribution in [3.05, 3.63) is 59.3 Å². The van der Waals surface area contributed by atoms with E-state index in [-0.39, 0.29) is 17.5 Å². The van der Waals surface area contributed by atoms with E-state index in [1.807, 2.05) is 20.8 Å². The molecule has 3 aromatic rings. The molecular weight excluding hydrogens is 407 g/mol. The van der Waals surface area contributed by atoms with Gasteiger partial charge in [0.05, 0.1) is 5.69 Å². The number of aromatic nitrogens is 4. The van der Waals surface area contributed by atoms with Crippen molar-refractivity contribution < 1.29 is 18.0 Å². The highest BCUT2D eigenvalue weighted by molar-refractivity contribution is 5.94. The fourth-order valence-corrected chi connectivity index (χ4v) is 3.85. The molecule has 31 heavy (non-hydrogen) atoms. The first-order chi connectivity index (χ1) is 14.5. The molecule has 0 aliphatic carbocycles. The first-order valence-corrected chi connectivity index (χ1v) is 10.2. The van der Waals surface area contributed by atoms with Crippen molar-refractivity contribution in [3.63, 3.8) is 0 Å². The van der Waals surface area contributed by atoms with Crippen molar-refractivity contribution in [2.45, 2.75) is 51.1 Å². The SMILES string of the molecule is CC(C)(C)c1cc2nc(C3CCCN(C(=O)c4ccncc4)C3)cc(C(F)(F)F)n2n1. The summed E-state index contributed by atoms with van der Waals surface area (Å²) in [4.78, 5) is 22.9. The van der Waals surface area contributed by atoms with Crippen LogP contribution in [0.1, 0.15) is 67.0 Å². The average molecular weight is 431 g/mol. The Hall–Kier alpha value is -2.97. The summed E-state index contributed by atoms with van der Waals surface area (Å²) in [6.45, 7) is 6.57. The van der Waals surface area contributed by atoms with E-state index < -0.39 is 17.3 Å². The van der Waals surface area contributed by atoms with Gasteiger partial charge in [0, 0.05) is 54.1 Å². The molecule has 0 N–H and O–H groups in total. The molecule has 0 saturated carbocycles. The van der Waals surface area contributed by atoms with Crippen LogP contribution in [0.5, 0.6) is 0 Å². The molecule has 0 aromatic carbocycles. The van der Waals surface area contributed by atoms with Crippen LogP contribution in [-0.2, 0) is 11.6 Å². The molecule has 4 heterocycles. The summed E-state index contributed by atoms with van der Waals surface area (Å²) < 4.78 is 42.4. The van der Waals surface area contributed by atoms with Gasteiger partial charge in [0.1, 0.15) is 5.69 Å². The van der Waals surface area contributed by atoms with Crippen LogP contribution in [-0.4, -0.2) is 43.5 Å². The van der Waals surface area contributed by atoms with Gasteiger partial charge in [-0.2, -0.15) is 18.3 Å². The Bertz CT molecular complexity index is 1100. The Balaban J connectivity index is 1.71. The number of likely N-dealkylation sites (tertiary alicyclic amines) is 1. The minimum atomic E-state index is -4.57. The highest BCUT2D eigenvalue weighted by Gasteiger charge is 2.37. The molecule has 0 bridgehead atoms. The number of alkyl halides is 3. The normalized spacial score (nSPS) is 17.9. The van der Waals surface area contributed by atoms with Crippen LogP contribution in [0.15, 0.2) is 36.7 Å². The monoisotopic (exact) mass is 431 g/mol. The van der Waals surface area contributed by atoms with Crippen LogP contribution in [0.3, 0.4) is 0 Å². The summed E-state index contributed by atoms with van der Waals surface area (Å²) in [6, 6.07) is 5.97.